The van der Waals surface area contributed by atoms with E-state index in [9.17, 15) is 9.59 Å². The number of ether oxygens (including phenoxy) is 2. The highest BCUT2D eigenvalue weighted by atomic mass is 28.4. The van der Waals surface area contributed by atoms with Gasteiger partial charge in [-0.2, -0.15) is 0 Å². The molecule has 0 saturated heterocycles. The predicted octanol–water partition coefficient (Wildman–Crippen LogP) is 10.5. The Kier molecular flexibility index (Phi) is 17.3. The van der Waals surface area contributed by atoms with Crippen molar-refractivity contribution >= 4 is 38.9 Å². The summed E-state index contributed by atoms with van der Waals surface area (Å²) < 4.78 is 25.9. The van der Waals surface area contributed by atoms with Crippen LogP contribution < -0.4 is 10.4 Å². The van der Waals surface area contributed by atoms with Crippen molar-refractivity contribution in [2.45, 2.75) is 168 Å². The van der Waals surface area contributed by atoms with Gasteiger partial charge in [0.05, 0.1) is 19.3 Å². The quantitative estimate of drug-likeness (QED) is 0.0579. The molecule has 0 aromatic heterocycles. The Morgan fingerprint density at radius 1 is 0.811 bits per heavy atom. The van der Waals surface area contributed by atoms with Crippen LogP contribution in [0, 0.1) is 11.8 Å². The minimum Gasteiger partial charge on any atom is -0.469 e. The SMILES string of the molecule is CCCCC[C@@H](/C=C/[C@H]1C(O[Si](C)(C)C(C)(C)C)C[C@H](OC(C)=O)[C@@H]1CCCCCCC(=O)OC)O[Si](c1ccccc1)(c1ccccc1)C(C)(C)C. The highest BCUT2D eigenvalue weighted by Gasteiger charge is 2.52. The third kappa shape index (κ3) is 12.5. The van der Waals surface area contributed by atoms with Crippen LogP contribution in [0.25, 0.3) is 0 Å². The number of rotatable bonds is 20. The minimum atomic E-state index is -2.80. The molecule has 0 amide bonds. The topological polar surface area (TPSA) is 71.1 Å². The molecule has 0 N–H and O–H groups in total. The van der Waals surface area contributed by atoms with Crippen molar-refractivity contribution in [3.8, 4) is 0 Å². The van der Waals surface area contributed by atoms with E-state index in [0.29, 0.717) is 12.8 Å². The zero-order valence-corrected chi connectivity index (χ0v) is 37.0. The summed E-state index contributed by atoms with van der Waals surface area (Å²) in [5.41, 5.74) is 0. The molecule has 0 aliphatic heterocycles. The first-order valence-corrected chi connectivity index (χ1v) is 25.2. The molecule has 6 nitrogen and oxygen atoms in total. The fraction of sp³-hybridized carbons (Fsp3) is 0.644. The first kappa shape index (κ1) is 44.9. The number of unbranched alkanes of at least 4 members (excludes halogenated alkanes) is 5. The molecule has 1 unspecified atom stereocenters. The predicted molar refractivity (Wildman–Crippen MR) is 225 cm³/mol. The summed E-state index contributed by atoms with van der Waals surface area (Å²) in [4.78, 5) is 24.2. The third-order valence-corrected chi connectivity index (χ3v) is 21.3. The maximum Gasteiger partial charge on any atom is 0.305 e. The van der Waals surface area contributed by atoms with Crippen LogP contribution in [0.4, 0.5) is 0 Å². The normalized spacial score (nSPS) is 20.4. The molecule has 1 fully saturated rings. The maximum atomic E-state index is 12.5. The summed E-state index contributed by atoms with van der Waals surface area (Å²) >= 11 is 0. The van der Waals surface area contributed by atoms with Crippen LogP contribution in [0.2, 0.25) is 23.2 Å². The van der Waals surface area contributed by atoms with E-state index in [0.717, 1.165) is 57.8 Å². The van der Waals surface area contributed by atoms with Crippen molar-refractivity contribution in [3.05, 3.63) is 72.8 Å². The van der Waals surface area contributed by atoms with Gasteiger partial charge in [0.15, 0.2) is 8.32 Å². The van der Waals surface area contributed by atoms with Crippen LogP contribution in [0.1, 0.15) is 126 Å². The molecule has 0 spiro atoms. The van der Waals surface area contributed by atoms with E-state index in [1.54, 1.807) is 0 Å². The van der Waals surface area contributed by atoms with Gasteiger partial charge in [-0.1, -0.05) is 160 Å². The summed E-state index contributed by atoms with van der Waals surface area (Å²) in [5.74, 6) is -0.170. The molecular formula is C45H72O6Si2. The lowest BCUT2D eigenvalue weighted by Crippen LogP contribution is -2.67. The van der Waals surface area contributed by atoms with Gasteiger partial charge in [0, 0.05) is 31.6 Å². The van der Waals surface area contributed by atoms with Crippen LogP contribution in [0.15, 0.2) is 72.8 Å². The first-order valence-electron chi connectivity index (χ1n) is 20.4. The van der Waals surface area contributed by atoms with Crippen LogP contribution in [-0.4, -0.2) is 54.0 Å². The Labute approximate surface area is 325 Å². The standard InChI is InChI=1S/C45H72O6Si2/c1-12-13-18-25-36(50-53(45(6,7)8,37-26-19-16-20-27-37)38-28-21-17-22-29-38)32-33-40-39(30-23-14-15-24-31-43(47)48-9)41(49-35(2)46)34-42(40)51-52(10,11)44(3,4)5/h16-17,19-22,26-29,32-33,36,39-42H,12-15,18,23-25,30-31,34H2,1-11H3/b33-32+/t36-,39+,40+,41-,42?/m0/s1. The van der Waals surface area contributed by atoms with Crippen LogP contribution in [0.5, 0.6) is 0 Å². The highest BCUT2D eigenvalue weighted by Crippen LogP contribution is 2.46. The van der Waals surface area contributed by atoms with Crippen molar-refractivity contribution in [2.24, 2.45) is 11.8 Å². The Morgan fingerprint density at radius 3 is 1.91 bits per heavy atom. The Morgan fingerprint density at radius 2 is 1.40 bits per heavy atom. The average Bonchev–Trinajstić information content (AvgIpc) is 3.40. The lowest BCUT2D eigenvalue weighted by molar-refractivity contribution is -0.148. The van der Waals surface area contributed by atoms with Gasteiger partial charge in [-0.05, 0) is 52.8 Å². The third-order valence-electron chi connectivity index (χ3n) is 11.7. The summed E-state index contributed by atoms with van der Waals surface area (Å²) in [6.45, 7) is 22.3. The Hall–Kier alpha value is -2.53. The zero-order valence-electron chi connectivity index (χ0n) is 35.0. The molecule has 1 saturated carbocycles. The number of methoxy groups -OCH3 is 1. The number of hydrogen-bond donors (Lipinski definition) is 0. The molecule has 2 aromatic carbocycles. The number of hydrogen-bond acceptors (Lipinski definition) is 6. The second-order valence-corrected chi connectivity index (χ2v) is 26.8. The number of esters is 2. The van der Waals surface area contributed by atoms with Gasteiger partial charge in [-0.15, -0.1) is 0 Å². The van der Waals surface area contributed by atoms with E-state index in [2.05, 4.69) is 134 Å². The molecule has 8 heteroatoms. The zero-order chi connectivity index (χ0) is 39.3. The molecule has 2 aromatic rings. The summed E-state index contributed by atoms with van der Waals surface area (Å²) in [5, 5.41) is 2.48. The van der Waals surface area contributed by atoms with Crippen molar-refractivity contribution in [1.82, 2.24) is 0 Å². The van der Waals surface area contributed by atoms with E-state index in [4.69, 9.17) is 18.3 Å². The van der Waals surface area contributed by atoms with Gasteiger partial charge in [-0.3, -0.25) is 9.59 Å². The monoisotopic (exact) mass is 764 g/mol. The van der Waals surface area contributed by atoms with Crippen LogP contribution >= 0.6 is 0 Å². The molecule has 1 aliphatic rings. The number of benzene rings is 2. The molecule has 296 valence electrons. The van der Waals surface area contributed by atoms with Gasteiger partial charge in [0.2, 0.25) is 0 Å². The van der Waals surface area contributed by atoms with E-state index >= 15 is 0 Å². The molecule has 5 atom stereocenters. The molecule has 0 heterocycles. The second-order valence-electron chi connectivity index (χ2n) is 17.8. The van der Waals surface area contributed by atoms with E-state index < -0.39 is 16.6 Å². The number of carbonyl (C=O) groups is 2. The molecule has 1 aliphatic carbocycles. The lowest BCUT2D eigenvalue weighted by Gasteiger charge is -2.45. The van der Waals surface area contributed by atoms with Gasteiger partial charge < -0.3 is 18.3 Å². The minimum absolute atomic E-state index is 0.0466. The van der Waals surface area contributed by atoms with Crippen molar-refractivity contribution in [3.63, 3.8) is 0 Å². The van der Waals surface area contributed by atoms with Gasteiger partial charge in [0.1, 0.15) is 6.10 Å². The molecule has 53 heavy (non-hydrogen) atoms. The van der Waals surface area contributed by atoms with E-state index in [1.807, 2.05) is 0 Å². The van der Waals surface area contributed by atoms with E-state index in [1.165, 1.54) is 24.4 Å². The summed E-state index contributed by atoms with van der Waals surface area (Å²) in [6.07, 6.45) is 14.6. The van der Waals surface area contributed by atoms with Crippen molar-refractivity contribution in [1.29, 1.82) is 0 Å². The first-order chi connectivity index (χ1) is 25.0. The van der Waals surface area contributed by atoms with E-state index in [-0.39, 0.29) is 52.2 Å². The highest BCUT2D eigenvalue weighted by molar-refractivity contribution is 6.99. The maximum absolute atomic E-state index is 12.5. The van der Waals surface area contributed by atoms with Gasteiger partial charge >= 0.3 is 11.9 Å². The van der Waals surface area contributed by atoms with Crippen molar-refractivity contribution in [2.75, 3.05) is 7.11 Å². The van der Waals surface area contributed by atoms with Crippen LogP contribution in [0.3, 0.4) is 0 Å². The Bertz CT molecular complexity index is 1370. The molecule has 0 radical (unpaired) electrons. The second kappa shape index (κ2) is 20.4. The lowest BCUT2D eigenvalue weighted by atomic mass is 9.87. The van der Waals surface area contributed by atoms with Crippen LogP contribution in [-0.2, 0) is 27.9 Å². The smallest absolute Gasteiger partial charge is 0.305 e. The molecule has 3 rings (SSSR count). The molecule has 0 bridgehead atoms. The largest absolute Gasteiger partial charge is 0.469 e. The van der Waals surface area contributed by atoms with Crippen molar-refractivity contribution < 1.29 is 27.9 Å². The van der Waals surface area contributed by atoms with Gasteiger partial charge in [0.25, 0.3) is 8.32 Å². The molecular weight excluding hydrogens is 693 g/mol. The fourth-order valence-corrected chi connectivity index (χ4v) is 13.9. The van der Waals surface area contributed by atoms with Gasteiger partial charge in [-0.25, -0.2) is 0 Å². The number of carbonyl (C=O) groups excluding carboxylic acids is 2. The fourth-order valence-electron chi connectivity index (χ4n) is 7.83. The summed E-state index contributed by atoms with van der Waals surface area (Å²) in [7, 11) is -3.51. The summed E-state index contributed by atoms with van der Waals surface area (Å²) in [6, 6.07) is 21.8. The Balaban J connectivity index is 2.08. The average molecular weight is 765 g/mol.